The largest absolute Gasteiger partial charge is 0.364 e. The summed E-state index contributed by atoms with van der Waals surface area (Å²) in [5.41, 5.74) is 5.62. The molecule has 0 bridgehead atoms. The monoisotopic (exact) mass is 403 g/mol. The second kappa shape index (κ2) is 8.23. The Bertz CT molecular complexity index is 1020. The van der Waals surface area contributed by atoms with Crippen LogP contribution in [0.4, 0.5) is 5.69 Å². The minimum absolute atomic E-state index is 0.0658. The number of fused-ring (bicyclic) bond motifs is 2. The molecule has 1 fully saturated rings. The van der Waals surface area contributed by atoms with Gasteiger partial charge in [0.2, 0.25) is 0 Å². The third-order valence-corrected chi connectivity index (χ3v) is 6.96. The molecule has 1 unspecified atom stereocenters. The molecule has 0 spiro atoms. The maximum absolute atomic E-state index is 11.3. The molecular formula is C25H29N3O2. The average molecular weight is 404 g/mol. The van der Waals surface area contributed by atoms with E-state index in [1.807, 2.05) is 18.0 Å². The second-order valence-electron chi connectivity index (χ2n) is 8.87. The van der Waals surface area contributed by atoms with Gasteiger partial charge in [-0.25, -0.2) is 0 Å². The lowest BCUT2D eigenvalue weighted by Crippen LogP contribution is -2.33. The van der Waals surface area contributed by atoms with Crippen LogP contribution in [0.3, 0.4) is 0 Å². The number of benzene rings is 2. The third-order valence-electron chi connectivity index (χ3n) is 6.96. The zero-order valence-electron chi connectivity index (χ0n) is 17.6. The van der Waals surface area contributed by atoms with E-state index in [4.69, 9.17) is 4.52 Å². The van der Waals surface area contributed by atoms with Gasteiger partial charge < -0.3 is 14.2 Å². The Morgan fingerprint density at radius 1 is 1.17 bits per heavy atom. The van der Waals surface area contributed by atoms with Crippen molar-refractivity contribution >= 4 is 22.9 Å². The highest BCUT2D eigenvalue weighted by atomic mass is 16.5. The molecule has 5 nitrogen and oxygen atoms in total. The molecule has 1 atom stereocenters. The number of rotatable bonds is 6. The number of aryl methyl sites for hydroxylation is 1. The molecule has 0 saturated carbocycles. The number of anilines is 1. The van der Waals surface area contributed by atoms with Crippen molar-refractivity contribution in [3.63, 3.8) is 0 Å². The quantitative estimate of drug-likeness (QED) is 0.577. The fourth-order valence-electron chi connectivity index (χ4n) is 5.04. The molecular weight excluding hydrogens is 374 g/mol. The minimum atomic E-state index is -0.0658. The van der Waals surface area contributed by atoms with Gasteiger partial charge in [-0.05, 0) is 61.9 Å². The molecule has 5 rings (SSSR count). The zero-order chi connectivity index (χ0) is 20.5. The van der Waals surface area contributed by atoms with Gasteiger partial charge in [0.05, 0.1) is 11.7 Å². The van der Waals surface area contributed by atoms with Gasteiger partial charge in [-0.1, -0.05) is 35.5 Å². The van der Waals surface area contributed by atoms with Crippen molar-refractivity contribution in [3.05, 3.63) is 59.3 Å². The molecule has 0 radical (unpaired) electrons. The third kappa shape index (κ3) is 3.74. The fraction of sp³-hybridized carbons (Fsp3) is 0.440. The van der Waals surface area contributed by atoms with E-state index in [-0.39, 0.29) is 6.04 Å². The summed E-state index contributed by atoms with van der Waals surface area (Å²) in [6.45, 7) is 3.40. The van der Waals surface area contributed by atoms with Crippen LogP contribution in [0.5, 0.6) is 0 Å². The summed E-state index contributed by atoms with van der Waals surface area (Å²) in [5, 5.41) is 5.50. The molecule has 5 heteroatoms. The van der Waals surface area contributed by atoms with Crippen molar-refractivity contribution in [3.8, 4) is 0 Å². The summed E-state index contributed by atoms with van der Waals surface area (Å²) >= 11 is 0. The van der Waals surface area contributed by atoms with Crippen LogP contribution in [0, 0.1) is 5.92 Å². The Kier molecular flexibility index (Phi) is 5.30. The molecule has 0 amide bonds. The molecule has 0 aliphatic carbocycles. The smallest absolute Gasteiger partial charge is 0.169 e. The van der Waals surface area contributed by atoms with Gasteiger partial charge >= 0.3 is 0 Å². The van der Waals surface area contributed by atoms with E-state index in [2.05, 4.69) is 46.5 Å². The molecule has 3 aromatic rings. The average Bonchev–Trinajstić information content (AvgIpc) is 3.32. The maximum atomic E-state index is 11.3. The number of aromatic nitrogens is 1. The summed E-state index contributed by atoms with van der Waals surface area (Å²) < 4.78 is 5.64. The summed E-state index contributed by atoms with van der Waals surface area (Å²) in [7, 11) is 1.97. The lowest BCUT2D eigenvalue weighted by Gasteiger charge is -2.31. The summed E-state index contributed by atoms with van der Waals surface area (Å²) in [6.07, 6.45) is 6.44. The number of hydrogen-bond donors (Lipinski definition) is 0. The summed E-state index contributed by atoms with van der Waals surface area (Å²) in [6, 6.07) is 14.9. The van der Waals surface area contributed by atoms with Crippen LogP contribution in [-0.2, 0) is 24.2 Å². The summed E-state index contributed by atoms with van der Waals surface area (Å²) in [5.74, 6) is 0.753. The van der Waals surface area contributed by atoms with E-state index >= 15 is 0 Å². The first-order valence-corrected chi connectivity index (χ1v) is 11.1. The second-order valence-corrected chi connectivity index (χ2v) is 8.87. The molecule has 30 heavy (non-hydrogen) atoms. The van der Waals surface area contributed by atoms with Crippen LogP contribution in [0.2, 0.25) is 0 Å². The molecule has 1 saturated heterocycles. The van der Waals surface area contributed by atoms with Crippen LogP contribution in [0.25, 0.3) is 11.0 Å². The molecule has 2 aliphatic rings. The van der Waals surface area contributed by atoms with Crippen molar-refractivity contribution in [2.45, 2.75) is 44.7 Å². The summed E-state index contributed by atoms with van der Waals surface area (Å²) in [4.78, 5) is 15.9. The Labute approximate surface area is 177 Å². The van der Waals surface area contributed by atoms with Gasteiger partial charge in [-0.15, -0.1) is 0 Å². The van der Waals surface area contributed by atoms with Crippen molar-refractivity contribution in [1.82, 2.24) is 10.1 Å². The molecule has 156 valence electrons. The number of hydrogen-bond acceptors (Lipinski definition) is 5. The molecule has 1 aromatic heterocycles. The number of piperidine rings is 1. The van der Waals surface area contributed by atoms with Crippen LogP contribution >= 0.6 is 0 Å². The van der Waals surface area contributed by atoms with Crippen LogP contribution in [0.15, 0.2) is 47.0 Å². The standard InChI is InChI=1S/C25H29N3O2/c1-27-21(17-29)13-20-14-22-23(26-30-25(22)15-24(20)27)8-7-18-9-11-28(12-10-18)16-19-5-3-2-4-6-19/h2-6,14-15,17-18,21H,7-13,16H2,1H3. The lowest BCUT2D eigenvalue weighted by molar-refractivity contribution is -0.108. The van der Waals surface area contributed by atoms with E-state index in [1.165, 1.54) is 37.1 Å². The number of likely N-dealkylation sites (N-methyl/N-ethyl adjacent to an activating group) is 1. The Morgan fingerprint density at radius 3 is 2.73 bits per heavy atom. The normalized spacial score (nSPS) is 20.0. The van der Waals surface area contributed by atoms with Crippen molar-refractivity contribution in [2.75, 3.05) is 25.0 Å². The first-order chi connectivity index (χ1) is 14.7. The fourth-order valence-corrected chi connectivity index (χ4v) is 5.04. The Balaban J connectivity index is 1.19. The highest BCUT2D eigenvalue weighted by Gasteiger charge is 2.28. The van der Waals surface area contributed by atoms with E-state index in [1.54, 1.807) is 0 Å². The van der Waals surface area contributed by atoms with E-state index < -0.39 is 0 Å². The number of carbonyl (C=O) groups excluding carboxylic acids is 1. The highest BCUT2D eigenvalue weighted by molar-refractivity contribution is 5.87. The van der Waals surface area contributed by atoms with Crippen LogP contribution in [-0.4, -0.2) is 42.5 Å². The highest BCUT2D eigenvalue weighted by Crippen LogP contribution is 2.36. The van der Waals surface area contributed by atoms with Gasteiger partial charge in [0.15, 0.2) is 5.58 Å². The lowest BCUT2D eigenvalue weighted by atomic mass is 9.91. The van der Waals surface area contributed by atoms with Crippen molar-refractivity contribution in [1.29, 1.82) is 0 Å². The number of carbonyl (C=O) groups is 1. The predicted molar refractivity (Wildman–Crippen MR) is 119 cm³/mol. The van der Waals surface area contributed by atoms with E-state index in [0.29, 0.717) is 0 Å². The van der Waals surface area contributed by atoms with Crippen LogP contribution in [0.1, 0.15) is 36.1 Å². The number of aldehydes is 1. The van der Waals surface area contributed by atoms with E-state index in [9.17, 15) is 4.79 Å². The Morgan fingerprint density at radius 2 is 1.97 bits per heavy atom. The van der Waals surface area contributed by atoms with E-state index in [0.717, 1.165) is 60.4 Å². The topological polar surface area (TPSA) is 49.6 Å². The number of likely N-dealkylation sites (tertiary alicyclic amines) is 1. The SMILES string of the molecule is CN1c2cc3onc(CCC4CCN(Cc5ccccc5)CC4)c3cc2CC1C=O. The van der Waals surface area contributed by atoms with Gasteiger partial charge in [0.25, 0.3) is 0 Å². The van der Waals surface area contributed by atoms with Crippen LogP contribution < -0.4 is 4.90 Å². The van der Waals surface area contributed by atoms with Gasteiger partial charge in [-0.2, -0.15) is 0 Å². The molecule has 2 aliphatic heterocycles. The van der Waals surface area contributed by atoms with Gasteiger partial charge in [0, 0.05) is 37.2 Å². The molecule has 2 aromatic carbocycles. The Hall–Kier alpha value is -2.66. The zero-order valence-corrected chi connectivity index (χ0v) is 17.6. The molecule has 3 heterocycles. The van der Waals surface area contributed by atoms with Gasteiger partial charge in [-0.3, -0.25) is 4.90 Å². The predicted octanol–water partition coefficient (Wildman–Crippen LogP) is 4.23. The number of nitrogens with zero attached hydrogens (tertiary/aromatic N) is 3. The molecule has 0 N–H and O–H groups in total. The van der Waals surface area contributed by atoms with Crippen molar-refractivity contribution in [2.24, 2.45) is 5.92 Å². The first kappa shape index (κ1) is 19.3. The van der Waals surface area contributed by atoms with Gasteiger partial charge in [0.1, 0.15) is 6.29 Å². The maximum Gasteiger partial charge on any atom is 0.169 e. The van der Waals surface area contributed by atoms with Crippen molar-refractivity contribution < 1.29 is 9.32 Å². The minimum Gasteiger partial charge on any atom is -0.364 e. The first-order valence-electron chi connectivity index (χ1n) is 11.1.